The van der Waals surface area contributed by atoms with Gasteiger partial charge >= 0.3 is 0 Å². The van der Waals surface area contributed by atoms with Crippen molar-refractivity contribution < 1.29 is 9.90 Å². The van der Waals surface area contributed by atoms with Crippen molar-refractivity contribution in [3.63, 3.8) is 0 Å². The lowest BCUT2D eigenvalue weighted by molar-refractivity contribution is -0.129. The Morgan fingerprint density at radius 1 is 1.67 bits per heavy atom. The van der Waals surface area contributed by atoms with E-state index in [4.69, 9.17) is 5.11 Å². The van der Waals surface area contributed by atoms with Gasteiger partial charge in [-0.05, 0) is 35.1 Å². The summed E-state index contributed by atoms with van der Waals surface area (Å²) in [6.07, 6.45) is 0.996. The van der Waals surface area contributed by atoms with Crippen molar-refractivity contribution in [1.82, 2.24) is 4.90 Å². The Bertz CT molecular complexity index is 405. The Labute approximate surface area is 116 Å². The molecule has 2 heterocycles. The molecule has 0 aliphatic carbocycles. The number of rotatable bonds is 5. The maximum atomic E-state index is 12.0. The number of fused-ring (bicyclic) bond motifs is 1. The number of hydrogen-bond acceptors (Lipinski definition) is 4. The van der Waals surface area contributed by atoms with Gasteiger partial charge in [0, 0.05) is 24.6 Å². The van der Waals surface area contributed by atoms with Gasteiger partial charge in [0.25, 0.3) is 0 Å². The van der Waals surface area contributed by atoms with Crippen LogP contribution < -0.4 is 0 Å². The van der Waals surface area contributed by atoms with Crippen molar-refractivity contribution in [2.75, 3.05) is 24.7 Å². The average Bonchev–Trinajstić information content (AvgIpc) is 2.85. The van der Waals surface area contributed by atoms with E-state index in [9.17, 15) is 4.79 Å². The number of thiophene rings is 1. The summed E-state index contributed by atoms with van der Waals surface area (Å²) < 4.78 is 0. The predicted molar refractivity (Wildman–Crippen MR) is 77.0 cm³/mol. The molecule has 1 aromatic heterocycles. The highest BCUT2D eigenvalue weighted by Gasteiger charge is 2.21. The molecule has 1 atom stereocenters. The molecule has 0 bridgehead atoms. The fourth-order valence-electron chi connectivity index (χ4n) is 1.95. The van der Waals surface area contributed by atoms with Crippen LogP contribution in [0, 0.1) is 5.92 Å². The van der Waals surface area contributed by atoms with E-state index < -0.39 is 0 Å². The van der Waals surface area contributed by atoms with Crippen LogP contribution >= 0.6 is 23.1 Å². The summed E-state index contributed by atoms with van der Waals surface area (Å²) in [5.41, 5.74) is 1.31. The number of carbonyl (C=O) groups is 1. The monoisotopic (exact) mass is 285 g/mol. The Morgan fingerprint density at radius 3 is 3.28 bits per heavy atom. The van der Waals surface area contributed by atoms with E-state index in [1.165, 1.54) is 10.4 Å². The van der Waals surface area contributed by atoms with Gasteiger partial charge in [-0.3, -0.25) is 4.79 Å². The first kappa shape index (κ1) is 13.9. The molecule has 0 radical (unpaired) electrons. The molecule has 1 aliphatic rings. The number of aliphatic hydroxyl groups excluding tert-OH is 1. The number of thioether (sulfide) groups is 1. The van der Waals surface area contributed by atoms with Crippen LogP contribution in [0.2, 0.25) is 0 Å². The van der Waals surface area contributed by atoms with Gasteiger partial charge in [0.1, 0.15) is 0 Å². The summed E-state index contributed by atoms with van der Waals surface area (Å²) in [7, 11) is 0. The Morgan fingerprint density at radius 2 is 2.50 bits per heavy atom. The van der Waals surface area contributed by atoms with Crippen molar-refractivity contribution in [2.45, 2.75) is 19.9 Å². The summed E-state index contributed by atoms with van der Waals surface area (Å²) in [5, 5.41) is 11.0. The fourth-order valence-corrected chi connectivity index (χ4v) is 3.83. The Kier molecular flexibility index (Phi) is 5.09. The Hall–Kier alpha value is -0.520. The molecule has 1 aromatic rings. The second kappa shape index (κ2) is 6.59. The third-order valence-corrected chi connectivity index (χ3v) is 5.38. The van der Waals surface area contributed by atoms with Crippen LogP contribution in [0.25, 0.3) is 0 Å². The minimum absolute atomic E-state index is 0.198. The first-order valence-corrected chi connectivity index (χ1v) is 8.25. The molecule has 18 heavy (non-hydrogen) atoms. The highest BCUT2D eigenvalue weighted by Crippen LogP contribution is 2.24. The minimum atomic E-state index is 0.198. The summed E-state index contributed by atoms with van der Waals surface area (Å²) in [6, 6.07) is 2.13. The van der Waals surface area contributed by atoms with Crippen molar-refractivity contribution in [3.8, 4) is 0 Å². The van der Waals surface area contributed by atoms with Crippen LogP contribution in [0.15, 0.2) is 11.4 Å². The zero-order chi connectivity index (χ0) is 13.0. The molecule has 100 valence electrons. The van der Waals surface area contributed by atoms with Crippen molar-refractivity contribution >= 4 is 29.0 Å². The maximum absolute atomic E-state index is 12.0. The lowest BCUT2D eigenvalue weighted by atomic mass is 10.1. The molecular weight excluding hydrogens is 266 g/mol. The molecule has 2 rings (SSSR count). The quantitative estimate of drug-likeness (QED) is 0.899. The second-order valence-corrected chi connectivity index (χ2v) is 6.77. The van der Waals surface area contributed by atoms with Crippen LogP contribution in [-0.2, 0) is 17.8 Å². The molecular formula is C13H19NO2S2. The molecule has 0 saturated carbocycles. The first-order valence-electron chi connectivity index (χ1n) is 6.22. The van der Waals surface area contributed by atoms with Gasteiger partial charge in [0.2, 0.25) is 5.91 Å². The second-order valence-electron chi connectivity index (χ2n) is 4.74. The number of nitrogens with zero attached hydrogens (tertiary/aromatic N) is 1. The topological polar surface area (TPSA) is 40.5 Å². The molecule has 0 spiro atoms. The smallest absolute Gasteiger partial charge is 0.232 e. The molecule has 0 saturated heterocycles. The van der Waals surface area contributed by atoms with Gasteiger partial charge in [0.05, 0.1) is 5.75 Å². The normalized spacial score (nSPS) is 16.4. The van der Waals surface area contributed by atoms with Crippen LogP contribution in [0.5, 0.6) is 0 Å². The van der Waals surface area contributed by atoms with Crippen molar-refractivity contribution in [1.29, 1.82) is 0 Å². The summed E-state index contributed by atoms with van der Waals surface area (Å²) in [6.45, 7) is 3.81. The van der Waals surface area contributed by atoms with Crippen LogP contribution in [0.3, 0.4) is 0 Å². The van der Waals surface area contributed by atoms with Gasteiger partial charge in [-0.25, -0.2) is 0 Å². The van der Waals surface area contributed by atoms with Crippen molar-refractivity contribution in [3.05, 3.63) is 21.9 Å². The molecule has 3 nitrogen and oxygen atoms in total. The van der Waals surface area contributed by atoms with E-state index in [-0.39, 0.29) is 18.4 Å². The molecule has 1 N–H and O–H groups in total. The fraction of sp³-hybridized carbons (Fsp3) is 0.615. The first-order chi connectivity index (χ1) is 8.70. The van der Waals surface area contributed by atoms with E-state index in [1.807, 2.05) is 11.8 Å². The minimum Gasteiger partial charge on any atom is -0.396 e. The number of hydrogen-bond donors (Lipinski definition) is 1. The number of amides is 1. The van der Waals surface area contributed by atoms with E-state index in [2.05, 4.69) is 11.4 Å². The summed E-state index contributed by atoms with van der Waals surface area (Å²) >= 11 is 3.42. The third-order valence-electron chi connectivity index (χ3n) is 3.10. The predicted octanol–water partition coefficient (Wildman–Crippen LogP) is 1.99. The van der Waals surface area contributed by atoms with E-state index in [0.717, 1.165) is 25.3 Å². The third kappa shape index (κ3) is 3.49. The van der Waals surface area contributed by atoms with Crippen LogP contribution in [-0.4, -0.2) is 40.6 Å². The average molecular weight is 285 g/mol. The zero-order valence-corrected chi connectivity index (χ0v) is 12.2. The molecule has 1 unspecified atom stereocenters. The van der Waals surface area contributed by atoms with E-state index in [0.29, 0.717) is 5.75 Å². The molecule has 5 heteroatoms. The zero-order valence-electron chi connectivity index (χ0n) is 10.6. The summed E-state index contributed by atoms with van der Waals surface area (Å²) in [5.74, 6) is 1.87. The largest absolute Gasteiger partial charge is 0.396 e. The van der Waals surface area contributed by atoms with E-state index in [1.54, 1.807) is 23.1 Å². The highest BCUT2D eigenvalue weighted by atomic mass is 32.2. The molecule has 1 amide bonds. The highest BCUT2D eigenvalue weighted by molar-refractivity contribution is 7.99. The lowest BCUT2D eigenvalue weighted by Crippen LogP contribution is -2.36. The SMILES string of the molecule is CC(CO)CSCC(=O)N1CCc2sccc2C1. The standard InChI is InChI=1S/C13H19NO2S2/c1-10(7-15)8-17-9-13(16)14-4-2-12-11(6-14)3-5-18-12/h3,5,10,15H,2,4,6-9H2,1H3. The van der Waals surface area contributed by atoms with Gasteiger partial charge in [-0.1, -0.05) is 6.92 Å². The van der Waals surface area contributed by atoms with Crippen LogP contribution in [0.4, 0.5) is 0 Å². The number of carbonyl (C=O) groups excluding carboxylic acids is 1. The van der Waals surface area contributed by atoms with Gasteiger partial charge in [0.15, 0.2) is 0 Å². The summed E-state index contributed by atoms with van der Waals surface area (Å²) in [4.78, 5) is 15.4. The molecule has 1 aliphatic heterocycles. The Balaban J connectivity index is 1.77. The molecule has 0 aromatic carbocycles. The lowest BCUT2D eigenvalue weighted by Gasteiger charge is -2.27. The number of aliphatic hydroxyl groups is 1. The maximum Gasteiger partial charge on any atom is 0.232 e. The van der Waals surface area contributed by atoms with Crippen molar-refractivity contribution in [2.24, 2.45) is 5.92 Å². The van der Waals surface area contributed by atoms with Gasteiger partial charge in [-0.15, -0.1) is 11.3 Å². The van der Waals surface area contributed by atoms with E-state index >= 15 is 0 Å². The molecule has 0 fully saturated rings. The van der Waals surface area contributed by atoms with Gasteiger partial charge < -0.3 is 10.0 Å². The van der Waals surface area contributed by atoms with Crippen LogP contribution in [0.1, 0.15) is 17.4 Å². The van der Waals surface area contributed by atoms with Gasteiger partial charge in [-0.2, -0.15) is 11.8 Å².